The lowest BCUT2D eigenvalue weighted by Gasteiger charge is -2.31. The topological polar surface area (TPSA) is 127 Å². The van der Waals surface area contributed by atoms with Gasteiger partial charge in [0.1, 0.15) is 12.1 Å². The minimum Gasteiger partial charge on any atom is -0.762 e. The Kier molecular flexibility index (Phi) is 5.79. The lowest BCUT2D eigenvalue weighted by atomic mass is 10.0. The van der Waals surface area contributed by atoms with Crippen LogP contribution in [0, 0.1) is 11.1 Å². The van der Waals surface area contributed by atoms with Crippen molar-refractivity contribution in [3.63, 3.8) is 0 Å². The number of aromatic nitrogens is 1. The van der Waals surface area contributed by atoms with Crippen LogP contribution < -0.4 is 10.6 Å². The zero-order valence-electron chi connectivity index (χ0n) is 17.6. The molecule has 3 N–H and O–H groups in total. The van der Waals surface area contributed by atoms with Gasteiger partial charge in [-0.2, -0.15) is 0 Å². The Morgan fingerprint density at radius 1 is 1.06 bits per heavy atom. The third-order valence-corrected chi connectivity index (χ3v) is 5.66. The highest BCUT2D eigenvalue weighted by Gasteiger charge is 2.31. The van der Waals surface area contributed by atoms with E-state index in [1.165, 1.54) is 4.57 Å². The number of carbonyl (C=O) groups excluding carboxylic acids is 3. The minimum absolute atomic E-state index is 0.152. The maximum Gasteiger partial charge on any atom is 0.264 e. The first-order chi connectivity index (χ1) is 15.3. The molecular weight excluding hydrogens is 412 g/mol. The van der Waals surface area contributed by atoms with Crippen molar-refractivity contribution in [1.29, 1.82) is 0 Å². The number of rotatable bonds is 2. The molecule has 2 amide bonds. The van der Waals surface area contributed by atoms with Gasteiger partial charge in [0.15, 0.2) is 0 Å². The molecule has 0 radical (unpaired) electrons. The number of benzene rings is 2. The van der Waals surface area contributed by atoms with E-state index in [9.17, 15) is 24.8 Å². The highest BCUT2D eigenvalue weighted by atomic mass is 16.8. The molecule has 2 atom stereocenters. The van der Waals surface area contributed by atoms with E-state index in [1.807, 2.05) is 0 Å². The van der Waals surface area contributed by atoms with Crippen LogP contribution in [0.25, 0.3) is 10.9 Å². The number of amides is 2. The van der Waals surface area contributed by atoms with Gasteiger partial charge in [-0.15, -0.1) is 0 Å². The van der Waals surface area contributed by atoms with Crippen molar-refractivity contribution in [3.8, 4) is 0 Å². The Morgan fingerprint density at radius 3 is 2.47 bits per heavy atom. The molecule has 2 bridgehead atoms. The number of para-hydroxylation sites is 2. The summed E-state index contributed by atoms with van der Waals surface area (Å²) in [7, 11) is 0. The van der Waals surface area contributed by atoms with Crippen LogP contribution in [0.15, 0.2) is 54.7 Å². The number of hydrogen-bond acceptors (Lipinski definition) is 6. The summed E-state index contributed by atoms with van der Waals surface area (Å²) in [6.07, 6.45) is 1.41. The highest BCUT2D eigenvalue weighted by molar-refractivity contribution is 6.09. The first kappa shape index (κ1) is 21.7. The van der Waals surface area contributed by atoms with Crippen molar-refractivity contribution in [1.82, 2.24) is 15.1 Å². The van der Waals surface area contributed by atoms with Crippen molar-refractivity contribution < 1.29 is 19.6 Å². The maximum absolute atomic E-state index is 13.5. The largest absolute Gasteiger partial charge is 0.762 e. The van der Waals surface area contributed by atoms with Crippen molar-refractivity contribution in [3.05, 3.63) is 71.1 Å². The standard InChI is InChI=1S/C23H23N4O5/c1-13(2)20-22(29)24-17-9-5-3-8-16(17)23(30)26-12-14(15-7-4-6-10-18(15)26)11-19(27(31)32)21(28)25-20/h3-10,12-13,19-20,31H,11H2,1-2H3,(H,24,29)(H,25,28)/q-1/t19-,20-/m0/s1. The summed E-state index contributed by atoms with van der Waals surface area (Å²) in [6, 6.07) is 11.3. The van der Waals surface area contributed by atoms with Crippen LogP contribution in [-0.2, 0) is 16.0 Å². The normalized spacial score (nSPS) is 19.8. The SMILES string of the molecule is CC(C)[C@@H]1NC(=O)[C@@H](N([O-])O)Cc2cn(c3ccccc23)C(=O)c2ccccc2NC1=O. The molecule has 9 heteroatoms. The molecule has 0 saturated heterocycles. The highest BCUT2D eigenvalue weighted by Crippen LogP contribution is 2.27. The van der Waals surface area contributed by atoms with Gasteiger partial charge in [0.2, 0.25) is 11.8 Å². The number of anilines is 1. The first-order valence-corrected chi connectivity index (χ1v) is 10.3. The summed E-state index contributed by atoms with van der Waals surface area (Å²) in [5, 5.41) is 27.1. The maximum atomic E-state index is 13.5. The van der Waals surface area contributed by atoms with Crippen LogP contribution in [0.3, 0.4) is 0 Å². The van der Waals surface area contributed by atoms with Crippen LogP contribution in [0.4, 0.5) is 5.69 Å². The number of nitrogens with one attached hydrogen (secondary N) is 2. The van der Waals surface area contributed by atoms with Gasteiger partial charge in [0.05, 0.1) is 16.8 Å². The van der Waals surface area contributed by atoms with E-state index in [4.69, 9.17) is 0 Å². The number of carbonyl (C=O) groups is 3. The Hall–Kier alpha value is -3.53. The molecule has 3 aromatic rings. The Morgan fingerprint density at radius 2 is 1.75 bits per heavy atom. The molecule has 0 spiro atoms. The summed E-state index contributed by atoms with van der Waals surface area (Å²) in [6.45, 7) is 3.49. The molecule has 0 saturated carbocycles. The third kappa shape index (κ3) is 3.89. The van der Waals surface area contributed by atoms with Crippen LogP contribution >= 0.6 is 0 Å². The number of nitrogens with zero attached hydrogens (tertiary/aromatic N) is 2. The van der Waals surface area contributed by atoms with Gasteiger partial charge >= 0.3 is 0 Å². The smallest absolute Gasteiger partial charge is 0.264 e. The van der Waals surface area contributed by atoms with E-state index in [-0.39, 0.29) is 23.8 Å². The second-order valence-electron chi connectivity index (χ2n) is 8.13. The molecule has 1 aliphatic heterocycles. The summed E-state index contributed by atoms with van der Waals surface area (Å²) >= 11 is 0. The molecule has 1 aliphatic rings. The van der Waals surface area contributed by atoms with E-state index in [1.54, 1.807) is 68.6 Å². The predicted molar refractivity (Wildman–Crippen MR) is 118 cm³/mol. The second kappa shape index (κ2) is 8.54. The minimum atomic E-state index is -1.50. The van der Waals surface area contributed by atoms with Crippen molar-refractivity contribution in [2.75, 3.05) is 5.32 Å². The molecule has 0 fully saturated rings. The average molecular weight is 435 g/mol. The fourth-order valence-electron chi connectivity index (χ4n) is 3.96. The van der Waals surface area contributed by atoms with Gasteiger partial charge in [0.25, 0.3) is 5.91 Å². The van der Waals surface area contributed by atoms with Gasteiger partial charge in [-0.05, 0) is 29.7 Å². The van der Waals surface area contributed by atoms with E-state index in [0.29, 0.717) is 22.2 Å². The van der Waals surface area contributed by atoms with Crippen LogP contribution in [0.1, 0.15) is 29.8 Å². The fraction of sp³-hybridized carbons (Fsp3) is 0.261. The van der Waals surface area contributed by atoms with E-state index < -0.39 is 29.1 Å². The molecule has 1 aromatic heterocycles. The Balaban J connectivity index is 1.93. The second-order valence-corrected chi connectivity index (χ2v) is 8.13. The summed E-state index contributed by atoms with van der Waals surface area (Å²) in [5.41, 5.74) is 1.72. The van der Waals surface area contributed by atoms with Gasteiger partial charge in [-0.3, -0.25) is 24.2 Å². The van der Waals surface area contributed by atoms with E-state index in [0.717, 1.165) is 0 Å². The lowest BCUT2D eigenvalue weighted by Crippen LogP contribution is -2.53. The predicted octanol–water partition coefficient (Wildman–Crippen LogP) is 2.52. The fourth-order valence-corrected chi connectivity index (χ4v) is 3.96. The zero-order valence-corrected chi connectivity index (χ0v) is 17.6. The molecule has 32 heavy (non-hydrogen) atoms. The Bertz CT molecular complexity index is 1200. The molecular formula is C23H23N4O5-. The van der Waals surface area contributed by atoms with Crippen LogP contribution in [0.2, 0.25) is 0 Å². The van der Waals surface area contributed by atoms with E-state index in [2.05, 4.69) is 10.6 Å². The molecule has 0 aliphatic carbocycles. The number of hydrogen-bond donors (Lipinski definition) is 3. The molecule has 9 nitrogen and oxygen atoms in total. The number of fused-ring (bicyclic) bond motifs is 6. The molecule has 166 valence electrons. The quantitative estimate of drug-likeness (QED) is 0.531. The molecule has 4 rings (SSSR count). The van der Waals surface area contributed by atoms with Crippen molar-refractivity contribution in [2.45, 2.75) is 32.4 Å². The first-order valence-electron chi connectivity index (χ1n) is 10.3. The average Bonchev–Trinajstić information content (AvgIpc) is 3.13. The summed E-state index contributed by atoms with van der Waals surface area (Å²) in [4.78, 5) is 39.4. The van der Waals surface area contributed by atoms with Gasteiger partial charge in [0, 0.05) is 18.0 Å². The molecule has 0 unspecified atom stereocenters. The molecule has 2 heterocycles. The molecule has 2 aromatic carbocycles. The monoisotopic (exact) mass is 435 g/mol. The third-order valence-electron chi connectivity index (χ3n) is 5.66. The number of hydroxylamine groups is 2. The van der Waals surface area contributed by atoms with E-state index >= 15 is 0 Å². The van der Waals surface area contributed by atoms with Crippen LogP contribution in [-0.4, -0.2) is 44.8 Å². The Labute approximate surface area is 184 Å². The van der Waals surface area contributed by atoms with Gasteiger partial charge < -0.3 is 21.0 Å². The van der Waals surface area contributed by atoms with Crippen LogP contribution in [0.5, 0.6) is 0 Å². The zero-order chi connectivity index (χ0) is 23.0. The summed E-state index contributed by atoms with van der Waals surface area (Å²) < 4.78 is 1.43. The van der Waals surface area contributed by atoms with Gasteiger partial charge in [-0.25, -0.2) is 0 Å². The lowest BCUT2D eigenvalue weighted by molar-refractivity contribution is -0.143. The van der Waals surface area contributed by atoms with Crippen molar-refractivity contribution >= 4 is 34.3 Å². The van der Waals surface area contributed by atoms with Gasteiger partial charge in [-0.1, -0.05) is 44.2 Å². The van der Waals surface area contributed by atoms with Crippen molar-refractivity contribution in [2.24, 2.45) is 5.92 Å². The summed E-state index contributed by atoms with van der Waals surface area (Å²) in [5.74, 6) is -2.00.